The van der Waals surface area contributed by atoms with Gasteiger partial charge in [0.25, 0.3) is 11.8 Å². The summed E-state index contributed by atoms with van der Waals surface area (Å²) in [4.78, 5) is 39.0. The number of carbonyl (C=O) groups is 2. The van der Waals surface area contributed by atoms with Crippen LogP contribution in [0.1, 0.15) is 25.9 Å². The van der Waals surface area contributed by atoms with Crippen molar-refractivity contribution in [1.82, 2.24) is 20.3 Å². The van der Waals surface area contributed by atoms with Crippen LogP contribution in [0.15, 0.2) is 30.5 Å². The van der Waals surface area contributed by atoms with E-state index in [0.717, 1.165) is 15.7 Å². The molecule has 0 fully saturated rings. The van der Waals surface area contributed by atoms with Crippen LogP contribution in [0.5, 0.6) is 0 Å². The molecule has 10 heteroatoms. The molecule has 0 saturated heterocycles. The minimum Gasteiger partial charge on any atom is -0.355 e. The van der Waals surface area contributed by atoms with Crippen LogP contribution in [-0.4, -0.2) is 40.9 Å². The number of nitrogens with zero attached hydrogens (tertiary/aromatic N) is 4. The van der Waals surface area contributed by atoms with E-state index in [4.69, 9.17) is 0 Å². The Bertz CT molecular complexity index is 1080. The Labute approximate surface area is 164 Å². The van der Waals surface area contributed by atoms with Gasteiger partial charge in [-0.3, -0.25) is 9.59 Å². The molecule has 28 heavy (non-hydrogen) atoms. The first kappa shape index (κ1) is 17.9. The van der Waals surface area contributed by atoms with Gasteiger partial charge in [-0.25, -0.2) is 9.97 Å². The lowest BCUT2D eigenvalue weighted by Gasteiger charge is -2.17. The molecule has 9 nitrogen and oxygen atoms in total. The van der Waals surface area contributed by atoms with Crippen LogP contribution in [0, 0.1) is 6.92 Å². The van der Waals surface area contributed by atoms with Gasteiger partial charge in [-0.15, -0.1) is 11.3 Å². The fraction of sp³-hybridized carbons (Fsp3) is 0.167. The van der Waals surface area contributed by atoms with E-state index >= 15 is 0 Å². The highest BCUT2D eigenvalue weighted by Crippen LogP contribution is 2.38. The summed E-state index contributed by atoms with van der Waals surface area (Å²) in [6.07, 6.45) is 1.56. The molecule has 1 aliphatic heterocycles. The summed E-state index contributed by atoms with van der Waals surface area (Å²) < 4.78 is 0. The van der Waals surface area contributed by atoms with Crippen molar-refractivity contribution in [3.8, 4) is 0 Å². The molecule has 0 atom stereocenters. The maximum Gasteiger partial charge on any atom is 0.277 e. The van der Waals surface area contributed by atoms with E-state index in [2.05, 4.69) is 30.9 Å². The van der Waals surface area contributed by atoms with Crippen molar-refractivity contribution in [3.05, 3.63) is 46.7 Å². The second-order valence-electron chi connectivity index (χ2n) is 6.11. The average Bonchev–Trinajstić information content (AvgIpc) is 3.06. The standard InChI is InChI=1S/C18H17N7O2S/c1-9-21-13-16(27)23-12-8-20-18(24-14(12)25(3)17(13)28-9)22-11-6-4-10(5-7-11)15(26)19-2/h4-8H,1-3H3,(H,19,26)(H,23,27)(H,20,22,24). The number of benzene rings is 1. The Morgan fingerprint density at radius 2 is 1.96 bits per heavy atom. The molecule has 3 heterocycles. The highest BCUT2D eigenvalue weighted by atomic mass is 32.1. The van der Waals surface area contributed by atoms with Gasteiger partial charge < -0.3 is 20.9 Å². The van der Waals surface area contributed by atoms with Crippen LogP contribution in [0.4, 0.5) is 28.1 Å². The molecule has 0 saturated carbocycles. The van der Waals surface area contributed by atoms with Gasteiger partial charge in [-0.05, 0) is 31.2 Å². The number of thiazole rings is 1. The molecular formula is C18H17N7O2S. The quantitative estimate of drug-likeness (QED) is 0.625. The molecule has 0 spiro atoms. The van der Waals surface area contributed by atoms with E-state index in [1.165, 1.54) is 11.3 Å². The molecule has 0 aliphatic carbocycles. The second kappa shape index (κ2) is 6.89. The van der Waals surface area contributed by atoms with E-state index in [9.17, 15) is 9.59 Å². The normalized spacial score (nSPS) is 12.5. The van der Waals surface area contributed by atoms with Crippen LogP contribution in [0.3, 0.4) is 0 Å². The number of aromatic nitrogens is 3. The molecule has 2 amide bonds. The average molecular weight is 395 g/mol. The largest absolute Gasteiger partial charge is 0.355 e. The van der Waals surface area contributed by atoms with Crippen molar-refractivity contribution < 1.29 is 9.59 Å². The zero-order chi connectivity index (χ0) is 19.8. The van der Waals surface area contributed by atoms with E-state index in [-0.39, 0.29) is 11.8 Å². The first-order valence-corrected chi connectivity index (χ1v) is 9.26. The Morgan fingerprint density at radius 1 is 1.21 bits per heavy atom. The number of rotatable bonds is 3. The van der Waals surface area contributed by atoms with Crippen LogP contribution >= 0.6 is 11.3 Å². The lowest BCUT2D eigenvalue weighted by atomic mass is 10.2. The van der Waals surface area contributed by atoms with Gasteiger partial charge in [0.15, 0.2) is 11.5 Å². The lowest BCUT2D eigenvalue weighted by molar-refractivity contribution is 0.0962. The molecule has 1 aliphatic rings. The number of fused-ring (bicyclic) bond motifs is 2. The number of nitrogens with one attached hydrogen (secondary N) is 3. The Morgan fingerprint density at radius 3 is 2.68 bits per heavy atom. The summed E-state index contributed by atoms with van der Waals surface area (Å²) in [6, 6.07) is 6.97. The van der Waals surface area contributed by atoms with E-state index in [0.29, 0.717) is 28.7 Å². The van der Waals surface area contributed by atoms with Crippen molar-refractivity contribution in [2.75, 3.05) is 29.6 Å². The number of anilines is 5. The molecule has 3 aromatic rings. The third kappa shape index (κ3) is 3.14. The van der Waals surface area contributed by atoms with E-state index in [1.807, 2.05) is 18.9 Å². The van der Waals surface area contributed by atoms with E-state index in [1.54, 1.807) is 37.5 Å². The van der Waals surface area contributed by atoms with Crippen molar-refractivity contribution in [2.24, 2.45) is 0 Å². The van der Waals surface area contributed by atoms with Crippen LogP contribution < -0.4 is 20.9 Å². The first-order chi connectivity index (χ1) is 13.5. The minimum atomic E-state index is -0.279. The van der Waals surface area contributed by atoms with Gasteiger partial charge >= 0.3 is 0 Å². The van der Waals surface area contributed by atoms with Crippen molar-refractivity contribution in [1.29, 1.82) is 0 Å². The predicted molar refractivity (Wildman–Crippen MR) is 108 cm³/mol. The Balaban J connectivity index is 1.64. The van der Waals surface area contributed by atoms with E-state index < -0.39 is 0 Å². The van der Waals surface area contributed by atoms with Crippen molar-refractivity contribution in [3.63, 3.8) is 0 Å². The Hall–Kier alpha value is -3.53. The molecule has 0 unspecified atom stereocenters. The summed E-state index contributed by atoms with van der Waals surface area (Å²) in [6.45, 7) is 1.86. The third-order valence-electron chi connectivity index (χ3n) is 4.20. The smallest absolute Gasteiger partial charge is 0.277 e. The fourth-order valence-electron chi connectivity index (χ4n) is 2.82. The van der Waals surface area contributed by atoms with Gasteiger partial charge in [0.1, 0.15) is 10.7 Å². The number of hydrogen-bond donors (Lipinski definition) is 3. The van der Waals surface area contributed by atoms with Gasteiger partial charge in [0.2, 0.25) is 5.95 Å². The minimum absolute atomic E-state index is 0.152. The third-order valence-corrected chi connectivity index (χ3v) is 5.25. The highest BCUT2D eigenvalue weighted by molar-refractivity contribution is 7.16. The molecule has 3 N–H and O–H groups in total. The molecule has 142 valence electrons. The van der Waals surface area contributed by atoms with Crippen LogP contribution in [0.2, 0.25) is 0 Å². The summed E-state index contributed by atoms with van der Waals surface area (Å²) >= 11 is 1.43. The van der Waals surface area contributed by atoms with Crippen molar-refractivity contribution >= 4 is 51.3 Å². The Kier molecular flexibility index (Phi) is 4.40. The van der Waals surface area contributed by atoms with Gasteiger partial charge in [0.05, 0.1) is 11.2 Å². The zero-order valence-electron chi connectivity index (χ0n) is 15.4. The molecule has 0 bridgehead atoms. The molecule has 1 aromatic carbocycles. The monoisotopic (exact) mass is 395 g/mol. The SMILES string of the molecule is CNC(=O)c1ccc(Nc2ncc3c(n2)N(C)c2sc(C)nc2C(=O)N3)cc1. The summed E-state index contributed by atoms with van der Waals surface area (Å²) in [5.41, 5.74) is 2.19. The number of aryl methyl sites for hydroxylation is 1. The molecule has 0 radical (unpaired) electrons. The molecule has 2 aromatic heterocycles. The maximum atomic E-state index is 12.4. The molecule has 4 rings (SSSR count). The zero-order valence-corrected chi connectivity index (χ0v) is 16.2. The maximum absolute atomic E-state index is 12.4. The number of amides is 2. The molecular weight excluding hydrogens is 378 g/mol. The fourth-order valence-corrected chi connectivity index (χ4v) is 3.70. The van der Waals surface area contributed by atoms with Gasteiger partial charge in [-0.1, -0.05) is 0 Å². The predicted octanol–water partition coefficient (Wildman–Crippen LogP) is 2.68. The summed E-state index contributed by atoms with van der Waals surface area (Å²) in [7, 11) is 3.42. The highest BCUT2D eigenvalue weighted by Gasteiger charge is 2.28. The second-order valence-corrected chi connectivity index (χ2v) is 7.29. The van der Waals surface area contributed by atoms with Crippen LogP contribution in [-0.2, 0) is 0 Å². The van der Waals surface area contributed by atoms with Gasteiger partial charge in [-0.2, -0.15) is 4.98 Å². The summed E-state index contributed by atoms with van der Waals surface area (Å²) in [5, 5.41) is 10.0. The lowest BCUT2D eigenvalue weighted by Crippen LogP contribution is -2.17. The van der Waals surface area contributed by atoms with Gasteiger partial charge in [0, 0.05) is 25.3 Å². The van der Waals surface area contributed by atoms with Crippen molar-refractivity contribution in [2.45, 2.75) is 6.92 Å². The first-order valence-electron chi connectivity index (χ1n) is 8.45. The summed E-state index contributed by atoms with van der Waals surface area (Å²) in [5.74, 6) is 0.507. The number of hydrogen-bond acceptors (Lipinski definition) is 8. The number of carbonyl (C=O) groups excluding carboxylic acids is 2. The van der Waals surface area contributed by atoms with Crippen LogP contribution in [0.25, 0.3) is 0 Å². The topological polar surface area (TPSA) is 112 Å².